The van der Waals surface area contributed by atoms with Crippen LogP contribution < -0.4 is 0 Å². The first-order chi connectivity index (χ1) is 19.9. The fourth-order valence-corrected chi connectivity index (χ4v) is 7.56. The summed E-state index contributed by atoms with van der Waals surface area (Å²) in [5.74, 6) is 1.17. The lowest BCUT2D eigenvalue weighted by Crippen LogP contribution is -2.46. The van der Waals surface area contributed by atoms with Crippen molar-refractivity contribution in [3.05, 3.63) is 105 Å². The second-order valence-corrected chi connectivity index (χ2v) is 13.4. The average Bonchev–Trinajstić information content (AvgIpc) is 3.53. The number of amides is 2. The molecule has 3 aromatic carbocycles. The molecule has 3 aliphatic heterocycles. The molecule has 1 spiro atoms. The van der Waals surface area contributed by atoms with Gasteiger partial charge in [-0.25, -0.2) is 0 Å². The van der Waals surface area contributed by atoms with E-state index < -0.39 is 0 Å². The smallest absolute Gasteiger partial charge is 0.229 e. The summed E-state index contributed by atoms with van der Waals surface area (Å²) in [5.41, 5.74) is 3.23. The molecule has 3 saturated heterocycles. The molecule has 0 saturated carbocycles. The quantitative estimate of drug-likeness (QED) is 0.277. The Morgan fingerprint density at radius 1 is 0.881 bits per heavy atom. The molecule has 3 fully saturated rings. The van der Waals surface area contributed by atoms with Crippen molar-refractivity contribution in [1.82, 2.24) is 14.7 Å². The predicted molar refractivity (Wildman–Crippen MR) is 174 cm³/mol. The van der Waals surface area contributed by atoms with Gasteiger partial charge in [0.25, 0.3) is 0 Å². The van der Waals surface area contributed by atoms with E-state index in [-0.39, 0.29) is 23.7 Å². The maximum atomic E-state index is 13.6. The summed E-state index contributed by atoms with van der Waals surface area (Å²) in [4.78, 5) is 33.6. The normalized spacial score (nSPS) is 22.0. The molecule has 2 amide bonds. The van der Waals surface area contributed by atoms with E-state index in [0.29, 0.717) is 35.7 Å². The van der Waals surface area contributed by atoms with Crippen LogP contribution in [0.4, 0.5) is 0 Å². The van der Waals surface area contributed by atoms with E-state index in [1.807, 2.05) is 36.4 Å². The molecule has 3 heterocycles. The lowest BCUT2D eigenvalue weighted by Gasteiger charge is -2.39. The van der Waals surface area contributed by atoms with Gasteiger partial charge in [0.05, 0.1) is 11.8 Å². The minimum absolute atomic E-state index is 0. The van der Waals surface area contributed by atoms with Gasteiger partial charge < -0.3 is 14.7 Å². The van der Waals surface area contributed by atoms with Crippen LogP contribution in [0, 0.1) is 11.3 Å². The Morgan fingerprint density at radius 3 is 2.31 bits per heavy atom. The Kier molecular flexibility index (Phi) is 9.99. The Hall–Kier alpha value is -2.38. The van der Waals surface area contributed by atoms with Gasteiger partial charge in [-0.1, -0.05) is 82.1 Å². The van der Waals surface area contributed by atoms with Crippen molar-refractivity contribution < 1.29 is 9.59 Å². The number of carbonyl (C=O) groups excluding carboxylic acids is 2. The molecular formula is C34H38BrCl2N3O2. The summed E-state index contributed by atoms with van der Waals surface area (Å²) < 4.78 is 1.06. The van der Waals surface area contributed by atoms with Crippen molar-refractivity contribution in [3.63, 3.8) is 0 Å². The highest BCUT2D eigenvalue weighted by Gasteiger charge is 2.48. The average molecular weight is 672 g/mol. The van der Waals surface area contributed by atoms with E-state index in [1.165, 1.54) is 11.1 Å². The van der Waals surface area contributed by atoms with E-state index >= 15 is 0 Å². The molecule has 0 N–H and O–H groups in total. The summed E-state index contributed by atoms with van der Waals surface area (Å²) in [6.45, 7) is 5.87. The second-order valence-electron chi connectivity index (χ2n) is 12.1. The number of benzene rings is 3. The summed E-state index contributed by atoms with van der Waals surface area (Å²) in [7, 11) is 0. The third kappa shape index (κ3) is 6.88. The first-order valence-corrected chi connectivity index (χ1v) is 15.9. The first kappa shape index (κ1) is 31.1. The lowest BCUT2D eigenvalue weighted by molar-refractivity contribution is -0.139. The topological polar surface area (TPSA) is 43.9 Å². The van der Waals surface area contributed by atoms with E-state index in [4.69, 9.17) is 11.6 Å². The number of likely N-dealkylation sites (tertiary alicyclic amines) is 3. The molecule has 0 radical (unpaired) electrons. The zero-order valence-corrected chi connectivity index (χ0v) is 26.9. The standard InChI is InChI=1S/C34H37BrClN3O2.ClH/c35-29-11-9-25(10-12-29)21-38-18-15-34(33(38)41)13-16-37(17-14-34)22-28-23-39(24-31(28)27-6-2-1-3-7-27)32(40)20-26-5-4-8-30(36)19-26;/h1-12,19,28,31H,13-18,20-24H2;1H/t28-,31+;/m0./s1. The van der Waals surface area contributed by atoms with Gasteiger partial charge in [-0.2, -0.15) is 0 Å². The molecule has 5 nitrogen and oxygen atoms in total. The van der Waals surface area contributed by atoms with Gasteiger partial charge in [-0.05, 0) is 79.2 Å². The summed E-state index contributed by atoms with van der Waals surface area (Å²) in [5, 5.41) is 0.664. The number of carbonyl (C=O) groups is 2. The molecule has 6 rings (SSSR count). The van der Waals surface area contributed by atoms with Gasteiger partial charge in [0, 0.05) is 48.1 Å². The van der Waals surface area contributed by atoms with Gasteiger partial charge in [0.1, 0.15) is 0 Å². The van der Waals surface area contributed by atoms with Gasteiger partial charge in [-0.15, -0.1) is 12.4 Å². The van der Waals surface area contributed by atoms with Crippen molar-refractivity contribution in [1.29, 1.82) is 0 Å². The van der Waals surface area contributed by atoms with E-state index in [2.05, 4.69) is 73.1 Å². The van der Waals surface area contributed by atoms with E-state index in [0.717, 1.165) is 68.6 Å². The number of halogens is 3. The van der Waals surface area contributed by atoms with Crippen LogP contribution in [-0.2, 0) is 22.6 Å². The second kappa shape index (κ2) is 13.5. The zero-order chi connectivity index (χ0) is 28.4. The van der Waals surface area contributed by atoms with Crippen molar-refractivity contribution in [3.8, 4) is 0 Å². The predicted octanol–water partition coefficient (Wildman–Crippen LogP) is 6.82. The van der Waals surface area contributed by atoms with Crippen LogP contribution in [0.2, 0.25) is 5.02 Å². The van der Waals surface area contributed by atoms with Crippen molar-refractivity contribution in [2.75, 3.05) is 39.3 Å². The summed E-state index contributed by atoms with van der Waals surface area (Å²) in [6, 6.07) is 26.5. The molecule has 3 aliphatic rings. The Labute approximate surface area is 268 Å². The van der Waals surface area contributed by atoms with E-state index in [9.17, 15) is 9.59 Å². The molecule has 0 bridgehead atoms. The third-order valence-corrected chi connectivity index (χ3v) is 10.2. The molecule has 42 heavy (non-hydrogen) atoms. The molecule has 8 heteroatoms. The van der Waals surface area contributed by atoms with Crippen LogP contribution in [0.15, 0.2) is 83.3 Å². The fraction of sp³-hybridized carbons (Fsp3) is 0.412. The van der Waals surface area contributed by atoms with Crippen LogP contribution in [0.1, 0.15) is 41.9 Å². The van der Waals surface area contributed by atoms with Gasteiger partial charge in [-0.3, -0.25) is 9.59 Å². The van der Waals surface area contributed by atoms with Crippen molar-refractivity contribution in [2.45, 2.75) is 38.1 Å². The number of hydrogen-bond donors (Lipinski definition) is 0. The Morgan fingerprint density at radius 2 is 1.60 bits per heavy atom. The number of piperidine rings is 1. The Balaban J connectivity index is 0.00000353. The van der Waals surface area contributed by atoms with Crippen LogP contribution >= 0.6 is 39.9 Å². The van der Waals surface area contributed by atoms with Crippen LogP contribution in [0.5, 0.6) is 0 Å². The van der Waals surface area contributed by atoms with Crippen LogP contribution in [0.3, 0.4) is 0 Å². The minimum atomic E-state index is -0.209. The lowest BCUT2D eigenvalue weighted by atomic mass is 9.76. The maximum absolute atomic E-state index is 13.6. The number of hydrogen-bond acceptors (Lipinski definition) is 3. The largest absolute Gasteiger partial charge is 0.341 e. The monoisotopic (exact) mass is 669 g/mol. The third-order valence-electron chi connectivity index (χ3n) is 9.46. The molecule has 2 atom stereocenters. The zero-order valence-electron chi connectivity index (χ0n) is 23.8. The summed E-state index contributed by atoms with van der Waals surface area (Å²) >= 11 is 9.67. The molecule has 0 aromatic heterocycles. The molecule has 0 unspecified atom stereocenters. The Bertz CT molecular complexity index is 1380. The molecule has 0 aliphatic carbocycles. The number of nitrogens with zero attached hydrogens (tertiary/aromatic N) is 3. The fourth-order valence-electron chi connectivity index (χ4n) is 7.08. The number of rotatable bonds is 7. The van der Waals surface area contributed by atoms with Gasteiger partial charge >= 0.3 is 0 Å². The maximum Gasteiger partial charge on any atom is 0.229 e. The van der Waals surface area contributed by atoms with E-state index in [1.54, 1.807) is 0 Å². The van der Waals surface area contributed by atoms with Crippen molar-refractivity contribution >= 4 is 51.8 Å². The highest BCUT2D eigenvalue weighted by atomic mass is 79.9. The summed E-state index contributed by atoms with van der Waals surface area (Å²) in [6.07, 6.45) is 3.17. The van der Waals surface area contributed by atoms with Crippen LogP contribution in [-0.4, -0.2) is 65.8 Å². The SMILES string of the molecule is Cl.O=C(Cc1cccc(Cl)c1)N1C[C@H](CN2CCC3(CC2)CCN(Cc2ccc(Br)cc2)C3=O)[C@@H](c2ccccc2)C1. The van der Waals surface area contributed by atoms with Gasteiger partial charge in [0.2, 0.25) is 11.8 Å². The molecule has 3 aromatic rings. The van der Waals surface area contributed by atoms with Crippen molar-refractivity contribution in [2.24, 2.45) is 11.3 Å². The highest BCUT2D eigenvalue weighted by molar-refractivity contribution is 9.10. The van der Waals surface area contributed by atoms with Crippen LogP contribution in [0.25, 0.3) is 0 Å². The first-order valence-electron chi connectivity index (χ1n) is 14.7. The minimum Gasteiger partial charge on any atom is -0.341 e. The van der Waals surface area contributed by atoms with Gasteiger partial charge in [0.15, 0.2) is 0 Å². The molecular weight excluding hydrogens is 633 g/mol. The highest BCUT2D eigenvalue weighted by Crippen LogP contribution is 2.43. The molecule has 222 valence electrons.